The van der Waals surface area contributed by atoms with Gasteiger partial charge in [0, 0.05) is 145 Å². The fraction of sp³-hybridized carbons (Fsp3) is 0.172. The van der Waals surface area contributed by atoms with Gasteiger partial charge in [-0.1, -0.05) is 317 Å². The van der Waals surface area contributed by atoms with Crippen LogP contribution < -0.4 is 0 Å². The molecule has 122 heavy (non-hydrogen) atoms. The highest BCUT2D eigenvalue weighted by Gasteiger charge is 2.46. The topological polar surface area (TPSA) is 51.3 Å². The second-order valence-electron chi connectivity index (χ2n) is 32.9. The maximum atomic E-state index is 3.41. The normalized spacial score (nSPS) is 11.8. The summed E-state index contributed by atoms with van der Waals surface area (Å²) in [4.78, 5) is 6.81. The molecule has 0 amide bonds. The first-order chi connectivity index (χ1) is 59.6. The van der Waals surface area contributed by atoms with Crippen LogP contribution in [0.5, 0.6) is 0 Å². The molecular weight excluding hydrogens is 1480 g/mol. The van der Waals surface area contributed by atoms with Crippen LogP contribution in [0.1, 0.15) is 129 Å². The van der Waals surface area contributed by atoms with Crippen molar-refractivity contribution in [2.45, 2.75) is 127 Å². The van der Waals surface area contributed by atoms with Gasteiger partial charge in [-0.2, -0.15) is 0 Å². The molecule has 0 aliphatic heterocycles. The quantitative estimate of drug-likeness (QED) is 0.160. The Morgan fingerprint density at radius 2 is 0.582 bits per heavy atom. The molecule has 6 heteroatoms. The molecule has 6 aromatic heterocycles. The standard InChI is InChI=1S/C38H27N.2C16H17N.C14H13N.2C13H11N.C4H10.C2H6/c1-26-19-24-37-33(25-26)32-15-7-10-18-36(32)39(37)29-22-20-28(21-23-29)38(27-11-3-2-4-12-27)34-16-8-5-13-30(34)31-14-6-9-17-35(31)38;1-11(2)17-15-7-5-4-6-13(15)14-10-12(3)8-9-16(14)17;1-3-10-17-15-7-5-4-6-13(15)14-11-12(2)8-9-16(14)17;1-10-7-8-14-12(9-10)11-5-3-4-6-13(11)15(14)2;2*1-9-6-7-13-11(8-9)10-4-2-3-5-12(10)14-13;1-3-4-2;1-2/h2-25H,1H3;4-11H,1-3H3;4-9,11H,3,10H2,1-2H3;3-9H,1-2H3;2*2-8,14H,1H3;3-4H2,1-2H3;1-2H3. The van der Waals surface area contributed by atoms with Crippen molar-refractivity contribution < 1.29 is 0 Å². The molecule has 0 unspecified atom stereocenters. The van der Waals surface area contributed by atoms with Crippen molar-refractivity contribution in [3.8, 4) is 16.8 Å². The number of nitrogens with one attached hydrogen (secondary N) is 2. The van der Waals surface area contributed by atoms with E-state index in [1.165, 1.54) is 223 Å². The van der Waals surface area contributed by atoms with Gasteiger partial charge in [-0.25, -0.2) is 0 Å². The van der Waals surface area contributed by atoms with E-state index in [0.717, 1.165) is 6.54 Å². The Kier molecular flexibility index (Phi) is 24.3. The molecule has 1 aliphatic rings. The van der Waals surface area contributed by atoms with Gasteiger partial charge in [0.25, 0.3) is 0 Å². The Morgan fingerprint density at radius 3 is 1.08 bits per heavy atom. The molecule has 0 atom stereocenters. The molecule has 0 saturated heterocycles. The summed E-state index contributed by atoms with van der Waals surface area (Å²) in [6.45, 7) is 29.0. The van der Waals surface area contributed by atoms with Crippen LogP contribution >= 0.6 is 0 Å². The molecule has 606 valence electrons. The van der Waals surface area contributed by atoms with Gasteiger partial charge in [0.15, 0.2) is 0 Å². The number of para-hydroxylation sites is 6. The summed E-state index contributed by atoms with van der Waals surface area (Å²) in [5.41, 5.74) is 31.9. The average molecular weight is 1590 g/mol. The van der Waals surface area contributed by atoms with Crippen LogP contribution in [0.25, 0.3) is 148 Å². The lowest BCUT2D eigenvalue weighted by molar-refractivity contribution is 0.642. The highest BCUT2D eigenvalue weighted by Crippen LogP contribution is 2.56. The number of hydrogen-bond donors (Lipinski definition) is 2. The molecule has 0 bridgehead atoms. The fourth-order valence-electron chi connectivity index (χ4n) is 18.4. The van der Waals surface area contributed by atoms with Gasteiger partial charge < -0.3 is 28.2 Å². The van der Waals surface area contributed by atoms with Gasteiger partial charge in [-0.15, -0.1) is 0 Å². The monoisotopic (exact) mass is 1590 g/mol. The third-order valence-electron chi connectivity index (χ3n) is 24.2. The minimum absolute atomic E-state index is 0.370. The summed E-state index contributed by atoms with van der Waals surface area (Å²) in [5, 5.41) is 16.0. The molecule has 6 nitrogen and oxygen atoms in total. The number of nitrogens with zero attached hydrogens (tertiary/aromatic N) is 4. The van der Waals surface area contributed by atoms with Crippen molar-refractivity contribution in [2.24, 2.45) is 7.05 Å². The lowest BCUT2D eigenvalue weighted by Gasteiger charge is -2.34. The minimum atomic E-state index is -0.370. The molecule has 22 aromatic rings. The van der Waals surface area contributed by atoms with Crippen molar-refractivity contribution in [1.82, 2.24) is 28.2 Å². The van der Waals surface area contributed by atoms with Gasteiger partial charge in [-0.05, 0) is 217 Å². The number of aromatic amines is 2. The van der Waals surface area contributed by atoms with E-state index < -0.39 is 0 Å². The molecule has 0 spiro atoms. The summed E-state index contributed by atoms with van der Waals surface area (Å²) in [6.07, 6.45) is 3.81. The maximum absolute atomic E-state index is 3.41. The van der Waals surface area contributed by atoms with Crippen LogP contribution in [0.2, 0.25) is 0 Å². The minimum Gasteiger partial charge on any atom is -0.355 e. The number of aryl methyl sites for hydroxylation is 8. The summed E-state index contributed by atoms with van der Waals surface area (Å²) in [5.74, 6) is 0. The predicted molar refractivity (Wildman–Crippen MR) is 530 cm³/mol. The molecule has 1 aliphatic carbocycles. The van der Waals surface area contributed by atoms with Crippen molar-refractivity contribution in [1.29, 1.82) is 0 Å². The number of hydrogen-bond acceptors (Lipinski definition) is 0. The molecule has 0 fully saturated rings. The van der Waals surface area contributed by atoms with Gasteiger partial charge in [0.1, 0.15) is 0 Å². The zero-order chi connectivity index (χ0) is 84.7. The van der Waals surface area contributed by atoms with E-state index in [4.69, 9.17) is 0 Å². The average Bonchev–Trinajstić information content (AvgIpc) is 1.53. The van der Waals surface area contributed by atoms with E-state index >= 15 is 0 Å². The molecule has 23 rings (SSSR count). The summed E-state index contributed by atoms with van der Waals surface area (Å²) in [6, 6.07) is 130. The third-order valence-corrected chi connectivity index (χ3v) is 24.2. The van der Waals surface area contributed by atoms with E-state index in [1.54, 1.807) is 0 Å². The number of aromatic nitrogens is 6. The Hall–Kier alpha value is -13.7. The fourth-order valence-corrected chi connectivity index (χ4v) is 18.4. The summed E-state index contributed by atoms with van der Waals surface area (Å²) >= 11 is 0. The smallest absolute Gasteiger partial charge is 0.0713 e. The van der Waals surface area contributed by atoms with E-state index in [2.05, 4.69) is 469 Å². The van der Waals surface area contributed by atoms with E-state index in [9.17, 15) is 0 Å². The highest BCUT2D eigenvalue weighted by atomic mass is 15.0. The van der Waals surface area contributed by atoms with Crippen LogP contribution in [0, 0.1) is 41.5 Å². The molecule has 2 N–H and O–H groups in total. The molecule has 0 saturated carbocycles. The van der Waals surface area contributed by atoms with Crippen LogP contribution in [0.3, 0.4) is 0 Å². The maximum Gasteiger partial charge on any atom is 0.0713 e. The first-order valence-corrected chi connectivity index (χ1v) is 43.8. The Labute approximate surface area is 719 Å². The Balaban J connectivity index is 0.000000113. The lowest BCUT2D eigenvalue weighted by Crippen LogP contribution is -2.28. The largest absolute Gasteiger partial charge is 0.355 e. The zero-order valence-electron chi connectivity index (χ0n) is 73.3. The van der Waals surface area contributed by atoms with E-state index in [0.29, 0.717) is 6.04 Å². The van der Waals surface area contributed by atoms with Crippen molar-refractivity contribution >= 4 is 131 Å². The van der Waals surface area contributed by atoms with Gasteiger partial charge in [0.05, 0.1) is 16.4 Å². The number of benzene rings is 16. The van der Waals surface area contributed by atoms with Crippen LogP contribution in [0.15, 0.2) is 358 Å². The van der Waals surface area contributed by atoms with Crippen LogP contribution in [0.4, 0.5) is 0 Å². The van der Waals surface area contributed by atoms with Crippen molar-refractivity contribution in [3.63, 3.8) is 0 Å². The first-order valence-electron chi connectivity index (χ1n) is 43.8. The lowest BCUT2D eigenvalue weighted by atomic mass is 9.68. The number of H-pyrrole nitrogens is 2. The van der Waals surface area contributed by atoms with Crippen LogP contribution in [-0.4, -0.2) is 28.2 Å². The van der Waals surface area contributed by atoms with E-state index in [1.807, 2.05) is 13.8 Å². The second-order valence-corrected chi connectivity index (χ2v) is 32.9. The third kappa shape index (κ3) is 15.7. The summed E-state index contributed by atoms with van der Waals surface area (Å²) in [7, 11) is 2.12. The van der Waals surface area contributed by atoms with Gasteiger partial charge in [0.2, 0.25) is 0 Å². The molecule has 6 heterocycles. The predicted octanol–water partition coefficient (Wildman–Crippen LogP) is 32.4. The van der Waals surface area contributed by atoms with Gasteiger partial charge in [-0.3, -0.25) is 0 Å². The SMILES string of the molecule is CC.CCCC.CCCn1c2ccccc2c2cc(C)ccc21.Cc1ccc2[nH]c3ccccc3c2c1.Cc1ccc2[nH]c3ccccc3c2c1.Cc1ccc2c(c1)c1ccccc1n2-c1ccc(C2(c3ccccc3)c3ccccc3-c3ccccc32)cc1.Cc1ccc2c(c1)c1ccccc1n2C.Cc1ccc2c(c1)c1ccccc1n2C(C)C. The van der Waals surface area contributed by atoms with Crippen molar-refractivity contribution in [3.05, 3.63) is 414 Å². The first kappa shape index (κ1) is 82.0. The summed E-state index contributed by atoms with van der Waals surface area (Å²) < 4.78 is 9.51. The number of unbranched alkanes of at least 4 members (excludes halogenated alkanes) is 1. The molecular formula is C116H112N6. The number of fused-ring (bicyclic) bond motifs is 21. The Morgan fingerprint density at radius 1 is 0.270 bits per heavy atom. The van der Waals surface area contributed by atoms with Gasteiger partial charge >= 0.3 is 0 Å². The highest BCUT2D eigenvalue weighted by molar-refractivity contribution is 6.13. The number of rotatable bonds is 7. The second kappa shape index (κ2) is 36.1. The molecule has 16 aromatic carbocycles. The molecule has 0 radical (unpaired) electrons. The zero-order valence-corrected chi connectivity index (χ0v) is 73.3. The van der Waals surface area contributed by atoms with E-state index in [-0.39, 0.29) is 5.41 Å². The van der Waals surface area contributed by atoms with Crippen LogP contribution in [-0.2, 0) is 19.0 Å². The Bertz CT molecular complexity index is 7290. The van der Waals surface area contributed by atoms with Crippen molar-refractivity contribution in [2.75, 3.05) is 0 Å².